The molecule has 42 heavy (non-hydrogen) atoms. The maximum atomic E-state index is 13.1. The summed E-state index contributed by atoms with van der Waals surface area (Å²) in [6, 6.07) is 19.7. The van der Waals surface area contributed by atoms with Gasteiger partial charge >= 0.3 is 0 Å². The maximum Gasteiger partial charge on any atom is 0.254 e. The molecule has 0 N–H and O–H groups in total. The molecule has 2 saturated heterocycles. The molecule has 5 rings (SSSR count). The summed E-state index contributed by atoms with van der Waals surface area (Å²) < 4.78 is 0. The van der Waals surface area contributed by atoms with E-state index in [1.165, 1.54) is 17.3 Å². The molecule has 2 aromatic carbocycles. The molecule has 10 heteroatoms. The van der Waals surface area contributed by atoms with Crippen molar-refractivity contribution in [2.45, 2.75) is 25.0 Å². The quantitative estimate of drug-likeness (QED) is 0.209. The Morgan fingerprint density at radius 1 is 0.976 bits per heavy atom. The van der Waals surface area contributed by atoms with E-state index in [2.05, 4.69) is 46.0 Å². The molecule has 220 valence electrons. The van der Waals surface area contributed by atoms with E-state index in [0.29, 0.717) is 48.6 Å². The van der Waals surface area contributed by atoms with Crippen molar-refractivity contribution in [1.29, 1.82) is 0 Å². The molecule has 3 heterocycles. The van der Waals surface area contributed by atoms with E-state index in [1.54, 1.807) is 6.07 Å². The Kier molecular flexibility index (Phi) is 10.2. The van der Waals surface area contributed by atoms with Crippen LogP contribution in [-0.4, -0.2) is 101 Å². The van der Waals surface area contributed by atoms with Gasteiger partial charge in [0.2, 0.25) is 5.91 Å². The highest BCUT2D eigenvalue weighted by Gasteiger charge is 2.29. The van der Waals surface area contributed by atoms with Crippen LogP contribution in [0, 0.1) is 6.92 Å². The zero-order valence-corrected chi connectivity index (χ0v) is 25.7. The van der Waals surface area contributed by atoms with Gasteiger partial charge in [-0.2, -0.15) is 0 Å². The van der Waals surface area contributed by atoms with Crippen LogP contribution in [-0.2, 0) is 4.79 Å². The maximum absolute atomic E-state index is 13.1. The van der Waals surface area contributed by atoms with Crippen LogP contribution in [0.4, 0.5) is 5.82 Å². The van der Waals surface area contributed by atoms with Gasteiger partial charge in [-0.15, -0.1) is 0 Å². The molecule has 2 aliphatic heterocycles. The van der Waals surface area contributed by atoms with Crippen LogP contribution >= 0.6 is 23.4 Å². The zero-order valence-electron chi connectivity index (χ0n) is 24.2. The van der Waals surface area contributed by atoms with E-state index in [4.69, 9.17) is 16.6 Å². The zero-order chi connectivity index (χ0) is 29.5. The first-order valence-corrected chi connectivity index (χ1v) is 15.7. The van der Waals surface area contributed by atoms with Crippen molar-refractivity contribution in [3.8, 4) is 0 Å². The lowest BCUT2D eigenvalue weighted by Gasteiger charge is -2.40. The lowest BCUT2D eigenvalue weighted by Crippen LogP contribution is -2.54. The van der Waals surface area contributed by atoms with Crippen LogP contribution in [0.15, 0.2) is 71.9 Å². The molecular formula is C32H37ClN6O2S. The molecule has 0 radical (unpaired) electrons. The summed E-state index contributed by atoms with van der Waals surface area (Å²) in [5.74, 6) is 1.11. The summed E-state index contributed by atoms with van der Waals surface area (Å²) in [6.07, 6.45) is 4.32. The third-order valence-corrected chi connectivity index (χ3v) is 8.72. The van der Waals surface area contributed by atoms with Crippen molar-refractivity contribution in [3.05, 3.63) is 88.6 Å². The van der Waals surface area contributed by atoms with E-state index in [9.17, 15) is 9.59 Å². The van der Waals surface area contributed by atoms with E-state index in [-0.39, 0.29) is 23.6 Å². The van der Waals surface area contributed by atoms with Gasteiger partial charge in [0.05, 0.1) is 5.75 Å². The number of hydrogen-bond donors (Lipinski definition) is 0. The van der Waals surface area contributed by atoms with Crippen LogP contribution in [0.1, 0.15) is 28.4 Å². The van der Waals surface area contributed by atoms with Crippen molar-refractivity contribution >= 4 is 47.1 Å². The number of carbonyl (C=O) groups excluding carboxylic acids is 2. The predicted octanol–water partition coefficient (Wildman–Crippen LogP) is 4.74. The molecule has 1 atom stereocenters. The van der Waals surface area contributed by atoms with E-state index in [1.807, 2.05) is 59.2 Å². The second kappa shape index (κ2) is 14.2. The first-order chi connectivity index (χ1) is 20.4. The lowest BCUT2D eigenvalue weighted by molar-refractivity contribution is -0.130. The number of hydrogen-bond acceptors (Lipinski definition) is 7. The molecule has 2 amide bonds. The van der Waals surface area contributed by atoms with Gasteiger partial charge in [-0.1, -0.05) is 83.5 Å². The second-order valence-electron chi connectivity index (χ2n) is 10.8. The molecule has 3 aromatic rings. The number of aryl methyl sites for hydroxylation is 1. The summed E-state index contributed by atoms with van der Waals surface area (Å²) in [6.45, 7) is 9.93. The molecule has 2 aliphatic rings. The highest BCUT2D eigenvalue weighted by molar-refractivity contribution is 7.99. The number of halogens is 1. The Hall–Kier alpha value is -3.40. The normalized spacial score (nSPS) is 18.1. The van der Waals surface area contributed by atoms with E-state index >= 15 is 0 Å². The third kappa shape index (κ3) is 7.91. The van der Waals surface area contributed by atoms with Crippen molar-refractivity contribution < 1.29 is 9.59 Å². The van der Waals surface area contributed by atoms with Crippen molar-refractivity contribution in [2.75, 3.05) is 63.0 Å². The monoisotopic (exact) mass is 604 g/mol. The molecule has 0 aliphatic carbocycles. The molecule has 8 nitrogen and oxygen atoms in total. The van der Waals surface area contributed by atoms with Crippen LogP contribution in [0.3, 0.4) is 0 Å². The number of aromatic nitrogens is 2. The molecule has 0 unspecified atom stereocenters. The smallest absolute Gasteiger partial charge is 0.254 e. The van der Waals surface area contributed by atoms with Gasteiger partial charge in [0.25, 0.3) is 5.91 Å². The minimum atomic E-state index is 0.00599. The Morgan fingerprint density at radius 2 is 1.71 bits per heavy atom. The SMILES string of the molecule is Cc1ccc(C(=O)N2CCN(c3cc(Cl)nc(SCC(=O)N4CCN(C/C=C/c5ccccc5)CC4)n3)C[C@@H]2C)cc1. The minimum Gasteiger partial charge on any atom is -0.353 e. The number of thioether (sulfide) groups is 1. The first-order valence-electron chi connectivity index (χ1n) is 14.4. The molecule has 2 fully saturated rings. The second-order valence-corrected chi connectivity index (χ2v) is 12.1. The van der Waals surface area contributed by atoms with Crippen LogP contribution in [0.25, 0.3) is 6.08 Å². The Balaban J connectivity index is 1.10. The molecule has 0 bridgehead atoms. The van der Waals surface area contributed by atoms with Gasteiger partial charge in [0, 0.05) is 70.0 Å². The number of piperazine rings is 2. The topological polar surface area (TPSA) is 72.9 Å². The van der Waals surface area contributed by atoms with Crippen LogP contribution in [0.2, 0.25) is 5.15 Å². The summed E-state index contributed by atoms with van der Waals surface area (Å²) >= 11 is 7.69. The number of benzene rings is 2. The fraction of sp³-hybridized carbons (Fsp3) is 0.375. The summed E-state index contributed by atoms with van der Waals surface area (Å²) in [4.78, 5) is 43.5. The highest BCUT2D eigenvalue weighted by Crippen LogP contribution is 2.25. The van der Waals surface area contributed by atoms with E-state index in [0.717, 1.165) is 31.0 Å². The van der Waals surface area contributed by atoms with Crippen molar-refractivity contribution in [3.63, 3.8) is 0 Å². The van der Waals surface area contributed by atoms with Gasteiger partial charge in [0.1, 0.15) is 11.0 Å². The molecule has 0 spiro atoms. The van der Waals surface area contributed by atoms with Gasteiger partial charge < -0.3 is 14.7 Å². The number of anilines is 1. The average molecular weight is 605 g/mol. The number of rotatable bonds is 8. The van der Waals surface area contributed by atoms with Gasteiger partial charge in [0.15, 0.2) is 5.16 Å². The average Bonchev–Trinajstić information content (AvgIpc) is 3.00. The third-order valence-electron chi connectivity index (χ3n) is 7.69. The number of nitrogens with zero attached hydrogens (tertiary/aromatic N) is 6. The summed E-state index contributed by atoms with van der Waals surface area (Å²) in [5, 5.41) is 0.833. The van der Waals surface area contributed by atoms with Gasteiger partial charge in [-0.05, 0) is 31.5 Å². The highest BCUT2D eigenvalue weighted by atomic mass is 35.5. The van der Waals surface area contributed by atoms with Gasteiger partial charge in [-0.3, -0.25) is 14.5 Å². The fourth-order valence-electron chi connectivity index (χ4n) is 5.24. The molecule has 1 aromatic heterocycles. The largest absolute Gasteiger partial charge is 0.353 e. The Morgan fingerprint density at radius 3 is 2.43 bits per heavy atom. The molecular weight excluding hydrogens is 568 g/mol. The predicted molar refractivity (Wildman–Crippen MR) is 170 cm³/mol. The first kappa shape index (κ1) is 30.1. The van der Waals surface area contributed by atoms with E-state index < -0.39 is 0 Å². The lowest BCUT2D eigenvalue weighted by atomic mass is 10.1. The Labute approximate surface area is 257 Å². The minimum absolute atomic E-state index is 0.00599. The fourth-order valence-corrected chi connectivity index (χ4v) is 6.22. The Bertz CT molecular complexity index is 1400. The van der Waals surface area contributed by atoms with Crippen LogP contribution in [0.5, 0.6) is 0 Å². The van der Waals surface area contributed by atoms with Crippen molar-refractivity contribution in [2.24, 2.45) is 0 Å². The number of carbonyl (C=O) groups is 2. The van der Waals surface area contributed by atoms with Crippen LogP contribution < -0.4 is 4.90 Å². The summed E-state index contributed by atoms with van der Waals surface area (Å²) in [5.41, 5.74) is 3.03. The van der Waals surface area contributed by atoms with Gasteiger partial charge in [-0.25, -0.2) is 9.97 Å². The standard InChI is InChI=1S/C32H37ClN6O2S/c1-24-10-12-27(13-11-24)31(41)39-20-19-38(22-25(39)2)29-21-28(33)34-32(35-29)42-23-30(40)37-17-15-36(16-18-37)14-6-9-26-7-4-3-5-8-26/h3-13,21,25H,14-20,22-23H2,1-2H3/b9-6+/t25-/m0/s1. The number of amides is 2. The van der Waals surface area contributed by atoms with Crippen molar-refractivity contribution in [1.82, 2.24) is 24.7 Å². The molecule has 0 saturated carbocycles. The summed E-state index contributed by atoms with van der Waals surface area (Å²) in [7, 11) is 0.